The maximum absolute atomic E-state index is 8.36. The number of aryl methyl sites for hydroxylation is 6. The largest absolute Gasteiger partial charge is 0.309 e. The maximum atomic E-state index is 8.36. The topological polar surface area (TPSA) is 102 Å². The van der Waals surface area contributed by atoms with Gasteiger partial charge in [0.05, 0.1) is 94.2 Å². The number of benzene rings is 5. The third kappa shape index (κ3) is 6.88. The average Bonchev–Trinajstić information content (AvgIpc) is 1.54. The van der Waals surface area contributed by atoms with Crippen molar-refractivity contribution in [2.45, 2.75) is 26.2 Å². The van der Waals surface area contributed by atoms with Gasteiger partial charge in [-0.1, -0.05) is 102 Å². The fourth-order valence-corrected chi connectivity index (χ4v) is 15.5. The minimum atomic E-state index is -2.56. The predicted molar refractivity (Wildman–Crippen MR) is 347 cm³/mol. The van der Waals surface area contributed by atoms with Gasteiger partial charge >= 0.3 is 5.82 Å². The molecule has 0 unspecified atom stereocenters. The molecule has 424 valence electrons. The van der Waals surface area contributed by atoms with E-state index in [1.54, 1.807) is 30.7 Å². The molecule has 0 bridgehead atoms. The van der Waals surface area contributed by atoms with E-state index in [0.717, 1.165) is 88.0 Å². The zero-order chi connectivity index (χ0) is 68.8. The minimum absolute atomic E-state index is 0.169. The number of hydrogen-bond acceptors (Lipinski definition) is 5. The van der Waals surface area contributed by atoms with E-state index in [4.69, 9.17) is 16.4 Å². The predicted octanol–water partition coefficient (Wildman–Crippen LogP) is 11.7. The van der Waals surface area contributed by atoms with Crippen molar-refractivity contribution in [2.24, 2.45) is 42.0 Å². The highest BCUT2D eigenvalue weighted by Gasteiger charge is 2.40. The summed E-state index contributed by atoms with van der Waals surface area (Å²) in [4.78, 5) is 19.3. The van der Waals surface area contributed by atoms with Crippen molar-refractivity contribution in [3.63, 3.8) is 0 Å². The third-order valence-electron chi connectivity index (χ3n) is 18.0. The molecule has 0 atom stereocenters. The molecule has 0 fully saturated rings. The highest BCUT2D eigenvalue weighted by molar-refractivity contribution is 7.25. The summed E-state index contributed by atoms with van der Waals surface area (Å²) in [5.74, 6) is 2.95. The van der Waals surface area contributed by atoms with Crippen LogP contribution in [0.15, 0.2) is 201 Å². The van der Waals surface area contributed by atoms with E-state index in [-0.39, 0.29) is 5.65 Å². The molecular weight excluding hydrogens is 1110 g/mol. The van der Waals surface area contributed by atoms with Crippen LogP contribution in [0.25, 0.3) is 138 Å². The standard InChI is InChI=1S/C22H17N4.2C17H15N4.C16H12N3S/c1-24-21-19-15(8-7-13-23-19)14-25(21)20-17-11-5-6-12-18(17)26(22(20)24)16-9-3-2-4-10-16;2*1-19-13-8-4-3-7-12(13)15-17(19)20(2)16-14-11(10-21(15)16)6-5-9-18-14;1-18-15-13-10(5-4-8-17-13)9-19(15)14-11-6-2-3-7-12(11)20-16(14)18/h2-13H,14H2,1H3;2*3-9H,10H2,1-2H3;2-8H,9H2,1H3/q4*+1/i1D3;1D3,2D3;2D3;. The summed E-state index contributed by atoms with van der Waals surface area (Å²) in [7, 11) is 4.06. The number of fused-ring (bicyclic) bond motifs is 28. The SMILES string of the molecule is C[n+]1c2n(c3c4ccccc4sc31)Cc1cccnc1-2.[2H]C([2H])([2H])[n+]1c2n(c3c4ccccc4n(-c4ccccc4)c31)Cc1cccnc1-2.[2H]C([2H])([2H])[n+]1c2n(c3c4ccccc4n(C)c31)Cc1cccnc1-2.[2H]C([2H])([2H])n1c2ccccc2c2c1[n+](C([2H])([2H])[2H])c1n2Cc2cccnc2-1. The molecule has 15 nitrogen and oxygen atoms in total. The molecule has 0 saturated heterocycles. The van der Waals surface area contributed by atoms with Crippen LogP contribution in [0.3, 0.4) is 0 Å². The van der Waals surface area contributed by atoms with Crippen LogP contribution in [0.4, 0.5) is 0 Å². The summed E-state index contributed by atoms with van der Waals surface area (Å²) in [6.07, 6.45) is 6.94. The first-order valence-corrected chi connectivity index (χ1v) is 29.8. The molecule has 12 aromatic heterocycles. The number of nitrogens with zero attached hydrogens (tertiary/aromatic N) is 15. The Bertz CT molecular complexity index is 6290. The lowest BCUT2D eigenvalue weighted by molar-refractivity contribution is -0.636. The van der Waals surface area contributed by atoms with Crippen LogP contribution in [0, 0.1) is 0 Å². The lowest BCUT2D eigenvalue weighted by Crippen LogP contribution is -2.31. The second-order valence-corrected chi connectivity index (χ2v) is 23.7. The van der Waals surface area contributed by atoms with Gasteiger partial charge in [-0.2, -0.15) is 0 Å². The van der Waals surface area contributed by atoms with Gasteiger partial charge in [-0.25, -0.2) is 61.0 Å². The van der Waals surface area contributed by atoms with Crippen molar-refractivity contribution in [1.29, 1.82) is 0 Å². The molecule has 16 heteroatoms. The first-order valence-electron chi connectivity index (χ1n) is 35.0. The Morgan fingerprint density at radius 3 is 1.27 bits per heavy atom. The Morgan fingerprint density at radius 2 is 0.773 bits per heavy atom. The molecule has 0 amide bonds. The molecule has 16 heterocycles. The number of imidazole rings is 4. The molecule has 17 aromatic rings. The summed E-state index contributed by atoms with van der Waals surface area (Å²) >= 11 is 1.86. The van der Waals surface area contributed by atoms with Gasteiger partial charge in [0, 0.05) is 57.1 Å². The van der Waals surface area contributed by atoms with Gasteiger partial charge in [-0.15, -0.1) is 0 Å². The van der Waals surface area contributed by atoms with E-state index >= 15 is 0 Å². The Morgan fingerprint density at radius 1 is 0.386 bits per heavy atom. The van der Waals surface area contributed by atoms with Crippen LogP contribution in [0.5, 0.6) is 0 Å². The van der Waals surface area contributed by atoms with Crippen LogP contribution < -0.4 is 18.3 Å². The van der Waals surface area contributed by atoms with E-state index < -0.39 is 27.9 Å². The summed E-state index contributed by atoms with van der Waals surface area (Å²) in [5, 5.41) is 4.15. The molecule has 0 N–H and O–H groups in total. The van der Waals surface area contributed by atoms with Crippen molar-refractivity contribution in [3.8, 4) is 51.8 Å². The van der Waals surface area contributed by atoms with Gasteiger partial charge in [-0.05, 0) is 84.9 Å². The van der Waals surface area contributed by atoms with Gasteiger partial charge in [0.2, 0.25) is 4.83 Å². The van der Waals surface area contributed by atoms with Gasteiger partial charge in [-0.3, -0.25) is 9.13 Å². The van der Waals surface area contributed by atoms with Crippen molar-refractivity contribution in [2.75, 3.05) is 0 Å². The summed E-state index contributed by atoms with van der Waals surface area (Å²) in [6, 6.07) is 57.5. The Hall–Kier alpha value is -10.8. The van der Waals surface area contributed by atoms with Crippen LogP contribution in [0.2, 0.25) is 0 Å². The Kier molecular flexibility index (Phi) is 8.50. The summed E-state index contributed by atoms with van der Waals surface area (Å²) < 4.78 is 119. The van der Waals surface area contributed by atoms with Crippen LogP contribution in [-0.4, -0.2) is 51.9 Å². The van der Waals surface area contributed by atoms with Gasteiger partial charge in [0.1, 0.15) is 45.9 Å². The summed E-state index contributed by atoms with van der Waals surface area (Å²) in [5.41, 5.74) is 16.3. The second kappa shape index (κ2) is 18.8. The van der Waals surface area contributed by atoms with E-state index in [9.17, 15) is 0 Å². The second-order valence-electron chi connectivity index (χ2n) is 22.6. The number of pyridine rings is 4. The maximum Gasteiger partial charge on any atom is 0.309 e. The lowest BCUT2D eigenvalue weighted by atomic mass is 10.2. The smallest absolute Gasteiger partial charge is 0.259 e. The third-order valence-corrected chi connectivity index (χ3v) is 19.2. The zero-order valence-electron chi connectivity index (χ0n) is 59.5. The fraction of sp³-hybridized carbons (Fsp3) is 0.139. The van der Waals surface area contributed by atoms with E-state index in [1.807, 2.05) is 166 Å². The van der Waals surface area contributed by atoms with Gasteiger partial charge in [0.25, 0.3) is 34.4 Å². The highest BCUT2D eigenvalue weighted by Crippen LogP contribution is 2.42. The molecule has 4 aliphatic rings. The van der Waals surface area contributed by atoms with Crippen molar-refractivity contribution >= 4 is 98.0 Å². The Balaban J connectivity index is 0.0000000968. The van der Waals surface area contributed by atoms with Crippen molar-refractivity contribution in [1.82, 2.24) is 51.9 Å². The number of hydrogen-bond donors (Lipinski definition) is 0. The molecule has 88 heavy (non-hydrogen) atoms. The van der Waals surface area contributed by atoms with E-state index in [2.05, 4.69) is 81.7 Å². The van der Waals surface area contributed by atoms with Crippen molar-refractivity contribution < 1.29 is 34.7 Å². The molecule has 0 aliphatic carbocycles. The molecular formula is C72H59N15S+4. The number of rotatable bonds is 1. The normalized spacial score (nSPS) is 15.5. The summed E-state index contributed by atoms with van der Waals surface area (Å²) in [6.45, 7) is -7.07. The molecule has 5 aromatic carbocycles. The first-order chi connectivity index (χ1) is 48.1. The molecule has 0 spiro atoms. The van der Waals surface area contributed by atoms with Gasteiger partial charge in [0.15, 0.2) is 27.8 Å². The number of aromatic nitrogens is 15. The van der Waals surface area contributed by atoms with Crippen LogP contribution in [0.1, 0.15) is 38.7 Å². The lowest BCUT2D eigenvalue weighted by Gasteiger charge is -2.03. The monoisotopic (exact) mass is 1180 g/mol. The van der Waals surface area contributed by atoms with Crippen LogP contribution in [-0.2, 0) is 68.2 Å². The minimum Gasteiger partial charge on any atom is -0.259 e. The first kappa shape index (κ1) is 39.7. The average molecular weight is 1180 g/mol. The highest BCUT2D eigenvalue weighted by atomic mass is 32.1. The van der Waals surface area contributed by atoms with Gasteiger partial charge < -0.3 is 0 Å². The van der Waals surface area contributed by atoms with E-state index in [1.165, 1.54) is 41.0 Å². The molecule has 0 radical (unpaired) electrons. The zero-order valence-corrected chi connectivity index (χ0v) is 48.3. The van der Waals surface area contributed by atoms with Crippen LogP contribution >= 0.6 is 11.3 Å². The Labute approximate surface area is 525 Å². The molecule has 4 aliphatic heterocycles. The molecule has 0 saturated carbocycles. The fourth-order valence-electron chi connectivity index (χ4n) is 14.3. The quantitative estimate of drug-likeness (QED) is 0.153. The molecule has 21 rings (SSSR count). The number of thiophene rings is 1. The number of para-hydroxylation sites is 4. The van der Waals surface area contributed by atoms with E-state index in [0.29, 0.717) is 70.5 Å². The van der Waals surface area contributed by atoms with Crippen molar-refractivity contribution in [3.05, 3.63) is 223 Å².